The van der Waals surface area contributed by atoms with Gasteiger partial charge in [0.25, 0.3) is 5.91 Å². The molecule has 2 rings (SSSR count). The minimum absolute atomic E-state index is 0.0502. The SMILES string of the molecule is C[C@@H](CNC(=O)c1cc(Br)ccc1F)Cn1ccnc1. The number of rotatable bonds is 5. The molecule has 1 atom stereocenters. The van der Waals surface area contributed by atoms with Gasteiger partial charge >= 0.3 is 0 Å². The van der Waals surface area contributed by atoms with Gasteiger partial charge in [0, 0.05) is 30.0 Å². The summed E-state index contributed by atoms with van der Waals surface area (Å²) in [6, 6.07) is 4.31. The molecular formula is C14H15BrFN3O. The van der Waals surface area contributed by atoms with Crippen molar-refractivity contribution in [1.82, 2.24) is 14.9 Å². The van der Waals surface area contributed by atoms with Crippen molar-refractivity contribution in [3.05, 3.63) is 52.8 Å². The fraction of sp³-hybridized carbons (Fsp3) is 0.286. The number of hydrogen-bond donors (Lipinski definition) is 1. The summed E-state index contributed by atoms with van der Waals surface area (Å²) in [4.78, 5) is 15.9. The number of amides is 1. The van der Waals surface area contributed by atoms with Crippen LogP contribution in [0.25, 0.3) is 0 Å². The maximum atomic E-state index is 13.6. The third kappa shape index (κ3) is 3.90. The first kappa shape index (κ1) is 14.7. The molecule has 1 N–H and O–H groups in total. The van der Waals surface area contributed by atoms with Crippen LogP contribution >= 0.6 is 15.9 Å². The quantitative estimate of drug-likeness (QED) is 0.910. The molecular weight excluding hydrogens is 325 g/mol. The summed E-state index contributed by atoms with van der Waals surface area (Å²) in [7, 11) is 0. The molecule has 1 aromatic heterocycles. The first-order chi connectivity index (χ1) is 9.56. The molecule has 106 valence electrons. The van der Waals surface area contributed by atoms with Gasteiger partial charge in [-0.25, -0.2) is 9.37 Å². The fourth-order valence-corrected chi connectivity index (χ4v) is 2.21. The molecule has 1 heterocycles. The van der Waals surface area contributed by atoms with Gasteiger partial charge in [0.1, 0.15) is 5.82 Å². The van der Waals surface area contributed by atoms with E-state index in [9.17, 15) is 9.18 Å². The number of hydrogen-bond acceptors (Lipinski definition) is 2. The third-order valence-corrected chi connectivity index (χ3v) is 3.36. The molecule has 0 unspecified atom stereocenters. The van der Waals surface area contributed by atoms with Crippen LogP contribution in [0.3, 0.4) is 0 Å². The van der Waals surface area contributed by atoms with E-state index in [0.29, 0.717) is 11.0 Å². The molecule has 0 saturated heterocycles. The van der Waals surface area contributed by atoms with Gasteiger partial charge in [-0.05, 0) is 24.1 Å². The first-order valence-electron chi connectivity index (χ1n) is 6.25. The van der Waals surface area contributed by atoms with Crippen molar-refractivity contribution in [2.75, 3.05) is 6.54 Å². The minimum atomic E-state index is -0.520. The van der Waals surface area contributed by atoms with E-state index in [1.807, 2.05) is 17.7 Å². The monoisotopic (exact) mass is 339 g/mol. The largest absolute Gasteiger partial charge is 0.352 e. The van der Waals surface area contributed by atoms with E-state index in [2.05, 4.69) is 26.2 Å². The van der Waals surface area contributed by atoms with Gasteiger partial charge in [-0.2, -0.15) is 0 Å². The van der Waals surface area contributed by atoms with Crippen molar-refractivity contribution in [3.8, 4) is 0 Å². The predicted octanol–water partition coefficient (Wildman–Crippen LogP) is 2.85. The Morgan fingerprint density at radius 1 is 1.55 bits per heavy atom. The standard InChI is InChI=1S/C14H15BrFN3O/c1-10(8-19-5-4-17-9-19)7-18-14(20)12-6-11(15)2-3-13(12)16/h2-6,9-10H,7-8H2,1H3,(H,18,20)/t10-/m0/s1. The molecule has 0 spiro atoms. The molecule has 20 heavy (non-hydrogen) atoms. The van der Waals surface area contributed by atoms with E-state index in [0.717, 1.165) is 6.54 Å². The lowest BCUT2D eigenvalue weighted by molar-refractivity contribution is 0.0942. The highest BCUT2D eigenvalue weighted by molar-refractivity contribution is 9.10. The Bertz CT molecular complexity index is 586. The number of benzene rings is 1. The van der Waals surface area contributed by atoms with Gasteiger partial charge in [-0.15, -0.1) is 0 Å². The Labute approximate surface area is 125 Å². The summed E-state index contributed by atoms with van der Waals surface area (Å²) >= 11 is 3.23. The molecule has 0 saturated carbocycles. The first-order valence-corrected chi connectivity index (χ1v) is 7.04. The number of aromatic nitrogens is 2. The van der Waals surface area contributed by atoms with Crippen molar-refractivity contribution in [3.63, 3.8) is 0 Å². The van der Waals surface area contributed by atoms with Crippen molar-refractivity contribution in [1.29, 1.82) is 0 Å². The Morgan fingerprint density at radius 2 is 2.35 bits per heavy atom. The molecule has 0 bridgehead atoms. The second-order valence-electron chi connectivity index (χ2n) is 4.70. The normalized spacial score (nSPS) is 12.2. The van der Waals surface area contributed by atoms with Crippen LogP contribution in [-0.2, 0) is 6.54 Å². The lowest BCUT2D eigenvalue weighted by Gasteiger charge is -2.13. The van der Waals surface area contributed by atoms with Crippen LogP contribution < -0.4 is 5.32 Å². The second kappa shape index (κ2) is 6.65. The second-order valence-corrected chi connectivity index (χ2v) is 5.61. The minimum Gasteiger partial charge on any atom is -0.352 e. The van der Waals surface area contributed by atoms with E-state index >= 15 is 0 Å². The van der Waals surface area contributed by atoms with Crippen LogP contribution in [0.15, 0.2) is 41.4 Å². The van der Waals surface area contributed by atoms with Crippen LogP contribution in [-0.4, -0.2) is 22.0 Å². The summed E-state index contributed by atoms with van der Waals surface area (Å²) in [5.74, 6) is -0.697. The highest BCUT2D eigenvalue weighted by Gasteiger charge is 2.13. The average Bonchev–Trinajstić information content (AvgIpc) is 2.91. The number of imidazole rings is 1. The van der Waals surface area contributed by atoms with E-state index in [1.165, 1.54) is 12.1 Å². The average molecular weight is 340 g/mol. The number of carbonyl (C=O) groups excluding carboxylic acids is 1. The van der Waals surface area contributed by atoms with Crippen molar-refractivity contribution in [2.24, 2.45) is 5.92 Å². The van der Waals surface area contributed by atoms with Gasteiger partial charge in [0.15, 0.2) is 0 Å². The van der Waals surface area contributed by atoms with Gasteiger partial charge in [-0.3, -0.25) is 4.79 Å². The molecule has 0 aliphatic heterocycles. The summed E-state index contributed by atoms with van der Waals surface area (Å²) in [5.41, 5.74) is 0.0502. The summed E-state index contributed by atoms with van der Waals surface area (Å²) in [6.07, 6.45) is 5.31. The van der Waals surface area contributed by atoms with Crippen molar-refractivity contribution >= 4 is 21.8 Å². The van der Waals surface area contributed by atoms with Crippen molar-refractivity contribution < 1.29 is 9.18 Å². The maximum absolute atomic E-state index is 13.6. The molecule has 2 aromatic rings. The highest BCUT2D eigenvalue weighted by Crippen LogP contribution is 2.15. The number of nitrogens with zero attached hydrogens (tertiary/aromatic N) is 2. The van der Waals surface area contributed by atoms with Crippen LogP contribution in [0.2, 0.25) is 0 Å². The van der Waals surface area contributed by atoms with Gasteiger partial charge in [0.05, 0.1) is 11.9 Å². The Balaban J connectivity index is 1.90. The summed E-state index contributed by atoms with van der Waals surface area (Å²) in [6.45, 7) is 3.24. The lowest BCUT2D eigenvalue weighted by atomic mass is 10.1. The zero-order valence-corrected chi connectivity index (χ0v) is 12.6. The predicted molar refractivity (Wildman–Crippen MR) is 77.8 cm³/mol. The molecule has 0 aliphatic carbocycles. The van der Waals surface area contributed by atoms with Crippen LogP contribution in [0.1, 0.15) is 17.3 Å². The number of halogens is 2. The number of carbonyl (C=O) groups is 1. The zero-order chi connectivity index (χ0) is 14.5. The van der Waals surface area contributed by atoms with E-state index < -0.39 is 11.7 Å². The third-order valence-electron chi connectivity index (χ3n) is 2.87. The lowest BCUT2D eigenvalue weighted by Crippen LogP contribution is -2.30. The van der Waals surface area contributed by atoms with Crippen LogP contribution in [0.4, 0.5) is 4.39 Å². The summed E-state index contributed by atoms with van der Waals surface area (Å²) < 4.78 is 16.2. The molecule has 4 nitrogen and oxygen atoms in total. The smallest absolute Gasteiger partial charge is 0.254 e. The Hall–Kier alpha value is -1.69. The maximum Gasteiger partial charge on any atom is 0.254 e. The summed E-state index contributed by atoms with van der Waals surface area (Å²) in [5, 5.41) is 2.75. The molecule has 1 amide bonds. The van der Waals surface area contributed by atoms with Gasteiger partial charge in [-0.1, -0.05) is 22.9 Å². The van der Waals surface area contributed by atoms with Crippen molar-refractivity contribution in [2.45, 2.75) is 13.5 Å². The molecule has 0 aliphatic rings. The highest BCUT2D eigenvalue weighted by atomic mass is 79.9. The van der Waals surface area contributed by atoms with Gasteiger partial charge < -0.3 is 9.88 Å². The van der Waals surface area contributed by atoms with E-state index in [4.69, 9.17) is 0 Å². The fourth-order valence-electron chi connectivity index (χ4n) is 1.85. The topological polar surface area (TPSA) is 46.9 Å². The van der Waals surface area contributed by atoms with Crippen LogP contribution in [0, 0.1) is 11.7 Å². The van der Waals surface area contributed by atoms with Gasteiger partial charge in [0.2, 0.25) is 0 Å². The molecule has 0 fully saturated rings. The van der Waals surface area contributed by atoms with E-state index in [-0.39, 0.29) is 11.5 Å². The van der Waals surface area contributed by atoms with Crippen LogP contribution in [0.5, 0.6) is 0 Å². The molecule has 6 heteroatoms. The van der Waals surface area contributed by atoms with E-state index in [1.54, 1.807) is 18.6 Å². The molecule has 0 radical (unpaired) electrons. The zero-order valence-electron chi connectivity index (χ0n) is 11.0. The Morgan fingerprint density at radius 3 is 3.05 bits per heavy atom. The Kier molecular flexibility index (Phi) is 4.89. The molecule has 1 aromatic carbocycles. The number of nitrogens with one attached hydrogen (secondary N) is 1.